The molecule has 0 aliphatic rings. The molecule has 9 nitrogen and oxygen atoms in total. The van der Waals surface area contributed by atoms with Gasteiger partial charge in [-0.05, 0) is 51.5 Å². The van der Waals surface area contributed by atoms with E-state index in [1.54, 1.807) is 45.9 Å². The van der Waals surface area contributed by atoms with Crippen LogP contribution in [0.4, 0.5) is 22.0 Å². The SMILES string of the molecule is Cc1cc(NC(=O)OC(C)(C)C)ccc1Oc1ccnc(N)c1[N+](=O)[O-]. The molecule has 26 heavy (non-hydrogen) atoms. The number of nitrogen functional groups attached to an aromatic ring is 1. The third-order valence-corrected chi connectivity index (χ3v) is 3.14. The van der Waals surface area contributed by atoms with Crippen LogP contribution in [0, 0.1) is 17.0 Å². The average molecular weight is 360 g/mol. The van der Waals surface area contributed by atoms with E-state index in [2.05, 4.69) is 10.3 Å². The lowest BCUT2D eigenvalue weighted by molar-refractivity contribution is -0.384. The summed E-state index contributed by atoms with van der Waals surface area (Å²) < 4.78 is 10.8. The number of pyridine rings is 1. The summed E-state index contributed by atoms with van der Waals surface area (Å²) in [5.74, 6) is 0.139. The van der Waals surface area contributed by atoms with Crippen molar-refractivity contribution in [2.24, 2.45) is 0 Å². The van der Waals surface area contributed by atoms with Gasteiger partial charge in [0, 0.05) is 18.0 Å². The maximum absolute atomic E-state index is 11.8. The van der Waals surface area contributed by atoms with Crippen LogP contribution in [0.25, 0.3) is 0 Å². The second-order valence-electron chi connectivity index (χ2n) is 6.51. The molecule has 1 heterocycles. The number of amides is 1. The Morgan fingerprint density at radius 2 is 1.96 bits per heavy atom. The molecule has 9 heteroatoms. The Hall–Kier alpha value is -3.36. The fraction of sp³-hybridized carbons (Fsp3) is 0.294. The summed E-state index contributed by atoms with van der Waals surface area (Å²) in [6.07, 6.45) is 0.744. The van der Waals surface area contributed by atoms with Crippen molar-refractivity contribution in [2.75, 3.05) is 11.1 Å². The molecule has 2 rings (SSSR count). The van der Waals surface area contributed by atoms with Gasteiger partial charge in [0.2, 0.25) is 11.6 Å². The van der Waals surface area contributed by atoms with Crippen LogP contribution in [0.3, 0.4) is 0 Å². The van der Waals surface area contributed by atoms with Crippen molar-refractivity contribution < 1.29 is 19.2 Å². The van der Waals surface area contributed by atoms with Gasteiger partial charge >= 0.3 is 11.8 Å². The minimum Gasteiger partial charge on any atom is -0.450 e. The van der Waals surface area contributed by atoms with E-state index in [1.165, 1.54) is 12.3 Å². The molecule has 0 radical (unpaired) electrons. The van der Waals surface area contributed by atoms with Gasteiger partial charge in [-0.25, -0.2) is 9.78 Å². The van der Waals surface area contributed by atoms with Crippen LogP contribution in [-0.2, 0) is 4.74 Å². The van der Waals surface area contributed by atoms with Gasteiger partial charge in [-0.2, -0.15) is 0 Å². The van der Waals surface area contributed by atoms with E-state index in [9.17, 15) is 14.9 Å². The van der Waals surface area contributed by atoms with Gasteiger partial charge in [-0.15, -0.1) is 0 Å². The standard InChI is InChI=1S/C17H20N4O5/c1-10-9-11(20-16(22)26-17(2,3)4)5-6-12(10)25-13-7-8-19-15(18)14(13)21(23)24/h5-9H,1-4H3,(H2,18,19)(H,20,22). The predicted molar refractivity (Wildman–Crippen MR) is 96.4 cm³/mol. The molecule has 0 saturated carbocycles. The molecule has 0 saturated heterocycles. The number of anilines is 2. The molecule has 2 aromatic rings. The fourth-order valence-corrected chi connectivity index (χ4v) is 2.10. The Morgan fingerprint density at radius 3 is 2.54 bits per heavy atom. The van der Waals surface area contributed by atoms with E-state index in [1.807, 2.05) is 0 Å². The minimum absolute atomic E-state index is 0.0153. The van der Waals surface area contributed by atoms with Crippen molar-refractivity contribution in [3.8, 4) is 11.5 Å². The first-order valence-electron chi connectivity index (χ1n) is 7.74. The number of carbonyl (C=O) groups excluding carboxylic acids is 1. The number of nitro groups is 1. The highest BCUT2D eigenvalue weighted by molar-refractivity contribution is 5.85. The van der Waals surface area contributed by atoms with E-state index in [0.717, 1.165) is 0 Å². The lowest BCUT2D eigenvalue weighted by Gasteiger charge is -2.20. The maximum Gasteiger partial charge on any atom is 0.412 e. The van der Waals surface area contributed by atoms with Crippen LogP contribution in [-0.4, -0.2) is 21.6 Å². The van der Waals surface area contributed by atoms with Gasteiger partial charge < -0.3 is 15.2 Å². The molecule has 1 aromatic carbocycles. The van der Waals surface area contributed by atoms with Crippen LogP contribution in [0.2, 0.25) is 0 Å². The van der Waals surface area contributed by atoms with Crippen molar-refractivity contribution in [3.05, 3.63) is 46.1 Å². The number of hydrogen-bond donors (Lipinski definition) is 2. The van der Waals surface area contributed by atoms with Gasteiger partial charge in [-0.1, -0.05) is 0 Å². The number of nitrogens with two attached hydrogens (primary N) is 1. The van der Waals surface area contributed by atoms with Gasteiger partial charge in [0.05, 0.1) is 4.92 Å². The monoisotopic (exact) mass is 360 g/mol. The number of ether oxygens (including phenoxy) is 2. The molecule has 1 aromatic heterocycles. The summed E-state index contributed by atoms with van der Waals surface area (Å²) in [5, 5.41) is 13.8. The van der Waals surface area contributed by atoms with Crippen LogP contribution in [0.5, 0.6) is 11.5 Å². The number of aryl methyl sites for hydroxylation is 1. The summed E-state index contributed by atoms with van der Waals surface area (Å²) in [7, 11) is 0. The Bertz CT molecular complexity index is 846. The third kappa shape index (κ3) is 4.82. The zero-order valence-corrected chi connectivity index (χ0v) is 14.9. The number of nitrogens with zero attached hydrogens (tertiary/aromatic N) is 2. The fourth-order valence-electron chi connectivity index (χ4n) is 2.10. The van der Waals surface area contributed by atoms with Crippen molar-refractivity contribution in [2.45, 2.75) is 33.3 Å². The quantitative estimate of drug-likeness (QED) is 0.622. The first-order valence-corrected chi connectivity index (χ1v) is 7.74. The molecular formula is C17H20N4O5. The highest BCUT2D eigenvalue weighted by Crippen LogP contribution is 2.36. The first kappa shape index (κ1) is 19.0. The topological polar surface area (TPSA) is 130 Å². The van der Waals surface area contributed by atoms with Gasteiger partial charge in [-0.3, -0.25) is 15.4 Å². The first-order chi connectivity index (χ1) is 12.1. The lowest BCUT2D eigenvalue weighted by Crippen LogP contribution is -2.27. The average Bonchev–Trinajstić information content (AvgIpc) is 2.47. The second-order valence-corrected chi connectivity index (χ2v) is 6.51. The largest absolute Gasteiger partial charge is 0.450 e. The lowest BCUT2D eigenvalue weighted by atomic mass is 10.2. The summed E-state index contributed by atoms with van der Waals surface area (Å²) in [5.41, 5.74) is 5.70. The smallest absolute Gasteiger partial charge is 0.412 e. The molecule has 3 N–H and O–H groups in total. The molecule has 0 spiro atoms. The summed E-state index contributed by atoms with van der Waals surface area (Å²) in [6.45, 7) is 7.04. The molecule has 0 aliphatic heterocycles. The summed E-state index contributed by atoms with van der Waals surface area (Å²) in [4.78, 5) is 26.0. The number of hydrogen-bond acceptors (Lipinski definition) is 7. The van der Waals surface area contributed by atoms with E-state index in [0.29, 0.717) is 17.0 Å². The highest BCUT2D eigenvalue weighted by Gasteiger charge is 2.22. The molecular weight excluding hydrogens is 340 g/mol. The Balaban J connectivity index is 2.20. The van der Waals surface area contributed by atoms with Gasteiger partial charge in [0.15, 0.2) is 0 Å². The second kappa shape index (κ2) is 7.26. The Kier molecular flexibility index (Phi) is 5.30. The summed E-state index contributed by atoms with van der Waals surface area (Å²) >= 11 is 0. The summed E-state index contributed by atoms with van der Waals surface area (Å²) in [6, 6.07) is 6.21. The highest BCUT2D eigenvalue weighted by atomic mass is 16.6. The van der Waals surface area contributed by atoms with Crippen LogP contribution in [0.15, 0.2) is 30.5 Å². The molecule has 1 amide bonds. The van der Waals surface area contributed by atoms with Gasteiger partial charge in [0.25, 0.3) is 0 Å². The molecule has 0 atom stereocenters. The zero-order valence-electron chi connectivity index (χ0n) is 14.9. The van der Waals surface area contributed by atoms with E-state index in [-0.39, 0.29) is 11.6 Å². The Labute approximate surface area is 150 Å². The van der Waals surface area contributed by atoms with Gasteiger partial charge in [0.1, 0.15) is 11.4 Å². The molecule has 0 unspecified atom stereocenters. The maximum atomic E-state index is 11.8. The Morgan fingerprint density at radius 1 is 1.27 bits per heavy atom. The number of aromatic nitrogens is 1. The predicted octanol–water partition coefficient (Wildman–Crippen LogP) is 4.02. The van der Waals surface area contributed by atoms with Crippen molar-refractivity contribution in [1.29, 1.82) is 0 Å². The molecule has 138 valence electrons. The third-order valence-electron chi connectivity index (χ3n) is 3.14. The molecule has 0 aliphatic carbocycles. The molecule has 0 fully saturated rings. The van der Waals surface area contributed by atoms with Crippen molar-refractivity contribution >= 4 is 23.3 Å². The number of rotatable bonds is 4. The molecule has 0 bridgehead atoms. The van der Waals surface area contributed by atoms with E-state index < -0.39 is 22.3 Å². The van der Waals surface area contributed by atoms with E-state index in [4.69, 9.17) is 15.2 Å². The minimum atomic E-state index is -0.647. The number of carbonyl (C=O) groups is 1. The van der Waals surface area contributed by atoms with Crippen LogP contribution in [0.1, 0.15) is 26.3 Å². The van der Waals surface area contributed by atoms with Crippen molar-refractivity contribution in [3.63, 3.8) is 0 Å². The van der Waals surface area contributed by atoms with Crippen molar-refractivity contribution in [1.82, 2.24) is 4.98 Å². The van der Waals surface area contributed by atoms with Crippen LogP contribution >= 0.6 is 0 Å². The number of nitrogens with one attached hydrogen (secondary N) is 1. The zero-order chi connectivity index (χ0) is 19.5. The van der Waals surface area contributed by atoms with Crippen LogP contribution < -0.4 is 15.8 Å². The van der Waals surface area contributed by atoms with E-state index >= 15 is 0 Å². The normalized spacial score (nSPS) is 10.9. The number of benzene rings is 1.